The average Bonchev–Trinajstić information content (AvgIpc) is 2.97. The number of carbonyl (C=O) groups excluding carboxylic acids is 2. The molecule has 0 spiro atoms. The fraction of sp³-hybridized carbons (Fsp3) is 0.571. The van der Waals surface area contributed by atoms with Crippen molar-refractivity contribution in [2.24, 2.45) is 11.5 Å². The van der Waals surface area contributed by atoms with Gasteiger partial charge >= 0.3 is 12.1 Å². The molecule has 2 heterocycles. The molecule has 3 rings (SSSR count). The molecular weight excluding hydrogens is 302 g/mol. The fourth-order valence-corrected chi connectivity index (χ4v) is 5.10. The molecule has 3 aliphatic rings. The van der Waals surface area contributed by atoms with E-state index < -0.39 is 12.1 Å². The number of nitrogens with two attached hydrogens (primary N) is 2. The normalized spacial score (nSPS) is 26.7. The number of rotatable bonds is 3. The Morgan fingerprint density at radius 2 is 2.23 bits per heavy atom. The lowest BCUT2D eigenvalue weighted by molar-refractivity contribution is 0.0264. The fourth-order valence-electron chi connectivity index (χ4n) is 3.45. The summed E-state index contributed by atoms with van der Waals surface area (Å²) >= 11 is 1.89. The summed E-state index contributed by atoms with van der Waals surface area (Å²) in [6.45, 7) is 2.20. The maximum Gasteiger partial charge on any atom is 0.335 e. The summed E-state index contributed by atoms with van der Waals surface area (Å²) < 4.78 is 0. The van der Waals surface area contributed by atoms with Gasteiger partial charge < -0.3 is 11.5 Å². The number of primary amides is 2. The second-order valence-electron chi connectivity index (χ2n) is 5.81. The van der Waals surface area contributed by atoms with Crippen LogP contribution in [-0.4, -0.2) is 33.5 Å². The van der Waals surface area contributed by atoms with Gasteiger partial charge in [0.2, 0.25) is 0 Å². The molecule has 0 radical (unpaired) electrons. The molecule has 120 valence electrons. The molecule has 1 aliphatic carbocycles. The number of hydrogen-bond acceptors (Lipinski definition) is 4. The van der Waals surface area contributed by atoms with Gasteiger partial charge in [0.1, 0.15) is 0 Å². The van der Waals surface area contributed by atoms with Crippen LogP contribution >= 0.6 is 11.8 Å². The summed E-state index contributed by atoms with van der Waals surface area (Å²) in [7, 11) is 0. The van der Waals surface area contributed by atoms with Crippen molar-refractivity contribution >= 4 is 23.8 Å². The molecule has 0 fully saturated rings. The quantitative estimate of drug-likeness (QED) is 0.736. The molecule has 5 N–H and O–H groups in total. The Hall–Kier alpha value is -1.83. The van der Waals surface area contributed by atoms with Crippen LogP contribution in [0, 0.1) is 0 Å². The third-order valence-electron chi connectivity index (χ3n) is 4.27. The third-order valence-corrected chi connectivity index (χ3v) is 5.77. The summed E-state index contributed by atoms with van der Waals surface area (Å²) in [5.74, 6) is 0. The van der Waals surface area contributed by atoms with Gasteiger partial charge in [0.15, 0.2) is 0 Å². The van der Waals surface area contributed by atoms with Crippen molar-refractivity contribution in [3.8, 4) is 0 Å². The predicted molar refractivity (Wildman–Crippen MR) is 85.0 cm³/mol. The summed E-state index contributed by atoms with van der Waals surface area (Å²) in [5.41, 5.74) is 15.6. The minimum Gasteiger partial charge on any atom is -0.350 e. The van der Waals surface area contributed by atoms with Crippen molar-refractivity contribution in [3.05, 3.63) is 22.3 Å². The first-order chi connectivity index (χ1) is 10.5. The SMILES string of the molecule is CCCC1CC2=C(S1)C1=CN(NC(N)=O)N(C(N)=O)C1CC2. The van der Waals surface area contributed by atoms with Gasteiger partial charge in [-0.2, -0.15) is 5.12 Å². The largest absolute Gasteiger partial charge is 0.350 e. The van der Waals surface area contributed by atoms with E-state index in [1.807, 2.05) is 11.8 Å². The van der Waals surface area contributed by atoms with Gasteiger partial charge in [-0.15, -0.1) is 11.8 Å². The van der Waals surface area contributed by atoms with Crippen LogP contribution in [0.25, 0.3) is 0 Å². The molecule has 0 saturated carbocycles. The average molecular weight is 323 g/mol. The van der Waals surface area contributed by atoms with Crippen molar-refractivity contribution in [1.82, 2.24) is 15.6 Å². The zero-order valence-corrected chi connectivity index (χ0v) is 13.4. The zero-order valence-electron chi connectivity index (χ0n) is 12.5. The van der Waals surface area contributed by atoms with E-state index in [9.17, 15) is 9.59 Å². The first-order valence-electron chi connectivity index (χ1n) is 7.56. The van der Waals surface area contributed by atoms with E-state index in [1.54, 1.807) is 6.20 Å². The number of urea groups is 2. The molecule has 0 bridgehead atoms. The smallest absolute Gasteiger partial charge is 0.335 e. The molecule has 8 heteroatoms. The van der Waals surface area contributed by atoms with E-state index >= 15 is 0 Å². The first-order valence-corrected chi connectivity index (χ1v) is 8.43. The molecule has 4 amide bonds. The highest BCUT2D eigenvalue weighted by atomic mass is 32.2. The van der Waals surface area contributed by atoms with E-state index in [0.717, 1.165) is 24.8 Å². The first kappa shape index (κ1) is 15.1. The second kappa shape index (κ2) is 5.75. The number of nitrogens with one attached hydrogen (secondary N) is 1. The minimum atomic E-state index is -0.723. The number of hydrazine groups is 2. The van der Waals surface area contributed by atoms with Crippen LogP contribution in [-0.2, 0) is 0 Å². The molecule has 0 aromatic rings. The Bertz CT molecular complexity index is 574. The summed E-state index contributed by atoms with van der Waals surface area (Å²) in [5, 5.41) is 3.32. The lowest BCUT2D eigenvalue weighted by atomic mass is 9.89. The highest BCUT2D eigenvalue weighted by Crippen LogP contribution is 2.51. The van der Waals surface area contributed by atoms with E-state index in [4.69, 9.17) is 11.5 Å². The maximum atomic E-state index is 11.8. The minimum absolute atomic E-state index is 0.115. The molecule has 0 aromatic heterocycles. The molecule has 2 unspecified atom stereocenters. The lowest BCUT2D eigenvalue weighted by Crippen LogP contribution is -2.56. The van der Waals surface area contributed by atoms with Gasteiger partial charge in [-0.25, -0.2) is 20.0 Å². The molecule has 7 nitrogen and oxygen atoms in total. The Kier molecular flexibility index (Phi) is 3.94. The highest BCUT2D eigenvalue weighted by Gasteiger charge is 2.43. The molecular formula is C14H21N5O2S. The third kappa shape index (κ3) is 2.51. The van der Waals surface area contributed by atoms with Crippen molar-refractivity contribution in [3.63, 3.8) is 0 Å². The Morgan fingerprint density at radius 1 is 1.45 bits per heavy atom. The van der Waals surface area contributed by atoms with Crippen molar-refractivity contribution in [2.45, 2.75) is 50.3 Å². The number of amides is 4. The Balaban J connectivity index is 1.86. The lowest BCUT2D eigenvalue weighted by Gasteiger charge is -2.33. The van der Waals surface area contributed by atoms with Crippen LogP contribution in [0.5, 0.6) is 0 Å². The highest BCUT2D eigenvalue weighted by molar-refractivity contribution is 8.04. The number of allylic oxidation sites excluding steroid dienone is 1. The molecule has 2 atom stereocenters. The van der Waals surface area contributed by atoms with Crippen LogP contribution in [0.2, 0.25) is 0 Å². The summed E-state index contributed by atoms with van der Waals surface area (Å²) in [4.78, 5) is 24.2. The maximum absolute atomic E-state index is 11.8. The number of carbonyl (C=O) groups is 2. The number of hydrogen-bond donors (Lipinski definition) is 3. The monoisotopic (exact) mass is 323 g/mol. The van der Waals surface area contributed by atoms with Crippen LogP contribution < -0.4 is 16.9 Å². The van der Waals surface area contributed by atoms with E-state index in [2.05, 4.69) is 12.3 Å². The van der Waals surface area contributed by atoms with Gasteiger partial charge in [-0.05, 0) is 25.7 Å². The summed E-state index contributed by atoms with van der Waals surface area (Å²) in [6, 6.07) is -1.43. The Morgan fingerprint density at radius 3 is 2.86 bits per heavy atom. The van der Waals surface area contributed by atoms with Crippen LogP contribution in [0.15, 0.2) is 22.3 Å². The molecule has 2 aliphatic heterocycles. The number of nitrogens with zero attached hydrogens (tertiary/aromatic N) is 2. The van der Waals surface area contributed by atoms with Crippen molar-refractivity contribution in [2.75, 3.05) is 0 Å². The van der Waals surface area contributed by atoms with Crippen LogP contribution in [0.1, 0.15) is 39.0 Å². The van der Waals surface area contributed by atoms with Gasteiger partial charge in [0.25, 0.3) is 0 Å². The Labute approximate surface area is 133 Å². The van der Waals surface area contributed by atoms with Gasteiger partial charge in [0, 0.05) is 15.7 Å². The molecule has 0 saturated heterocycles. The van der Waals surface area contributed by atoms with Gasteiger partial charge in [-0.3, -0.25) is 0 Å². The van der Waals surface area contributed by atoms with E-state index in [0.29, 0.717) is 5.25 Å². The van der Waals surface area contributed by atoms with E-state index in [-0.39, 0.29) is 6.04 Å². The standard InChI is InChI=1S/C14H21N5O2S/c1-2-3-9-6-8-4-5-11-10(12(8)22-9)7-18(17-13(15)20)19(11)14(16)21/h7,9,11H,2-6H2,1H3,(H2,16,21)(H3,15,17,20). The summed E-state index contributed by atoms with van der Waals surface area (Å²) in [6.07, 6.45) is 7.05. The molecule has 0 aromatic carbocycles. The van der Waals surface area contributed by atoms with Crippen molar-refractivity contribution in [1.29, 1.82) is 0 Å². The number of thioether (sulfide) groups is 1. The van der Waals surface area contributed by atoms with Gasteiger partial charge in [0.05, 0.1) is 12.2 Å². The van der Waals surface area contributed by atoms with Crippen LogP contribution in [0.4, 0.5) is 9.59 Å². The second-order valence-corrected chi connectivity index (χ2v) is 7.12. The zero-order chi connectivity index (χ0) is 15.9. The van der Waals surface area contributed by atoms with Gasteiger partial charge in [-0.1, -0.05) is 18.9 Å². The van der Waals surface area contributed by atoms with Crippen LogP contribution in [0.3, 0.4) is 0 Å². The predicted octanol–water partition coefficient (Wildman–Crippen LogP) is 1.79. The topological polar surface area (TPSA) is 105 Å². The van der Waals surface area contributed by atoms with Crippen molar-refractivity contribution < 1.29 is 9.59 Å². The molecule has 22 heavy (non-hydrogen) atoms. The van der Waals surface area contributed by atoms with E-state index in [1.165, 1.54) is 33.4 Å². The number of fused-ring (bicyclic) bond motifs is 2.